The minimum absolute atomic E-state index is 0.0491. The first-order valence-electron chi connectivity index (χ1n) is 14.0. The van der Waals surface area contributed by atoms with Gasteiger partial charge in [-0.05, 0) is 66.2 Å². The Balaban J connectivity index is 1.68. The van der Waals surface area contributed by atoms with E-state index in [9.17, 15) is 18.8 Å². The molecule has 6 atom stereocenters. The van der Waals surface area contributed by atoms with Crippen molar-refractivity contribution in [1.82, 2.24) is 9.13 Å². The summed E-state index contributed by atoms with van der Waals surface area (Å²) >= 11 is 0. The number of halogens is 1. The summed E-state index contributed by atoms with van der Waals surface area (Å²) < 4.78 is 56.1. The van der Waals surface area contributed by atoms with Crippen LogP contribution in [0.5, 0.6) is 0 Å². The van der Waals surface area contributed by atoms with Crippen LogP contribution in [0.25, 0.3) is 0 Å². The van der Waals surface area contributed by atoms with Crippen molar-refractivity contribution < 1.29 is 42.3 Å². The van der Waals surface area contributed by atoms with Crippen molar-refractivity contribution in [3.63, 3.8) is 0 Å². The van der Waals surface area contributed by atoms with E-state index < -0.39 is 66.7 Å². The van der Waals surface area contributed by atoms with Crippen molar-refractivity contribution in [3.8, 4) is 0 Å². The van der Waals surface area contributed by atoms with Crippen LogP contribution in [0.15, 0.2) is 15.8 Å². The number of nitrogens with zero attached hydrogens (tertiary/aromatic N) is 2. The molecule has 0 amide bonds. The van der Waals surface area contributed by atoms with E-state index in [1.54, 1.807) is 20.8 Å². The SMILES string of the molecule is Cc1cn([C@@H]2O[C@H](COC3CCCCO3)[C@@H](OC3CCCCO3)[C@@H]2OCC[18F])c(=O)n(C(=O)OC(C)(C)C)c1=O. The summed E-state index contributed by atoms with van der Waals surface area (Å²) in [4.78, 5) is 39.3. The molecule has 0 radical (unpaired) electrons. The molecule has 12 nitrogen and oxygen atoms in total. The van der Waals surface area contributed by atoms with Crippen molar-refractivity contribution >= 4 is 6.09 Å². The van der Waals surface area contributed by atoms with Gasteiger partial charge in [-0.1, -0.05) is 0 Å². The lowest BCUT2D eigenvalue weighted by Crippen LogP contribution is -2.49. The third-order valence-electron chi connectivity index (χ3n) is 6.84. The summed E-state index contributed by atoms with van der Waals surface area (Å²) in [6.07, 6.45) is 0.662. The van der Waals surface area contributed by atoms with Crippen LogP contribution >= 0.6 is 0 Å². The fraction of sp³-hybridized carbons (Fsp3) is 0.815. The lowest BCUT2D eigenvalue weighted by molar-refractivity contribution is -0.225. The Morgan fingerprint density at radius 1 is 1.02 bits per heavy atom. The molecule has 0 N–H and O–H groups in total. The van der Waals surface area contributed by atoms with Crippen LogP contribution in [0.2, 0.25) is 0 Å². The lowest BCUT2D eigenvalue weighted by atomic mass is 10.1. The molecule has 4 heterocycles. The van der Waals surface area contributed by atoms with Crippen molar-refractivity contribution in [1.29, 1.82) is 0 Å². The van der Waals surface area contributed by atoms with Crippen molar-refractivity contribution in [2.45, 2.75) is 109 Å². The minimum Gasteiger partial charge on any atom is -0.443 e. The predicted molar refractivity (Wildman–Crippen MR) is 139 cm³/mol. The zero-order chi connectivity index (χ0) is 28.9. The summed E-state index contributed by atoms with van der Waals surface area (Å²) in [6, 6.07) is 0. The van der Waals surface area contributed by atoms with Gasteiger partial charge in [-0.3, -0.25) is 9.36 Å². The molecule has 3 aliphatic heterocycles. The average Bonchev–Trinajstić information content (AvgIpc) is 3.25. The number of hydrogen-bond acceptors (Lipinski definition) is 10. The number of aromatic nitrogens is 2. The van der Waals surface area contributed by atoms with E-state index in [2.05, 4.69) is 0 Å². The molecule has 0 aliphatic carbocycles. The zero-order valence-corrected chi connectivity index (χ0v) is 23.7. The third kappa shape index (κ3) is 7.56. The summed E-state index contributed by atoms with van der Waals surface area (Å²) in [6.45, 7) is 6.46. The molecule has 1 aromatic rings. The highest BCUT2D eigenvalue weighted by Crippen LogP contribution is 2.35. The number of hydrogen-bond donors (Lipinski definition) is 0. The van der Waals surface area contributed by atoms with Gasteiger partial charge < -0.3 is 33.2 Å². The molecule has 3 saturated heterocycles. The van der Waals surface area contributed by atoms with Crippen molar-refractivity contribution in [2.24, 2.45) is 0 Å². The molecule has 0 bridgehead atoms. The van der Waals surface area contributed by atoms with Gasteiger partial charge in [0, 0.05) is 25.0 Å². The monoisotopic (exact) mass is 571 g/mol. The first-order valence-corrected chi connectivity index (χ1v) is 14.0. The fourth-order valence-electron chi connectivity index (χ4n) is 4.98. The van der Waals surface area contributed by atoms with Crippen LogP contribution in [0.4, 0.5) is 9.18 Å². The predicted octanol–water partition coefficient (Wildman–Crippen LogP) is 2.81. The number of rotatable bonds is 9. The molecule has 2 unspecified atom stereocenters. The number of aryl methyl sites for hydroxylation is 1. The van der Waals surface area contributed by atoms with E-state index in [4.69, 9.17) is 33.2 Å². The van der Waals surface area contributed by atoms with E-state index in [0.29, 0.717) is 24.2 Å². The summed E-state index contributed by atoms with van der Waals surface area (Å²) in [7, 11) is 0. The van der Waals surface area contributed by atoms with Gasteiger partial charge in [-0.25, -0.2) is 14.0 Å². The van der Waals surface area contributed by atoms with Crippen LogP contribution in [0.3, 0.4) is 0 Å². The first kappa shape index (κ1) is 30.8. The number of carbonyl (C=O) groups excluding carboxylic acids is 1. The Labute approximate surface area is 232 Å². The van der Waals surface area contributed by atoms with Gasteiger partial charge in [0.2, 0.25) is 0 Å². The molecule has 0 saturated carbocycles. The second-order valence-electron chi connectivity index (χ2n) is 11.2. The minimum atomic E-state index is -1.17. The maximum absolute atomic E-state index is 13.6. The molecule has 1 aromatic heterocycles. The molecule has 3 aliphatic rings. The highest BCUT2D eigenvalue weighted by molar-refractivity contribution is 5.70. The molecule has 4 rings (SSSR count). The molecular formula is C27H41FN2O10. The topological polar surface area (TPSA) is 126 Å². The van der Waals surface area contributed by atoms with E-state index >= 15 is 0 Å². The Kier molecular flexibility index (Phi) is 10.5. The van der Waals surface area contributed by atoms with E-state index in [0.717, 1.165) is 36.7 Å². The van der Waals surface area contributed by atoms with Crippen LogP contribution < -0.4 is 11.2 Å². The first-order chi connectivity index (χ1) is 19.1. The summed E-state index contributed by atoms with van der Waals surface area (Å²) in [5.74, 6) is 0. The Morgan fingerprint density at radius 3 is 2.30 bits per heavy atom. The second-order valence-corrected chi connectivity index (χ2v) is 11.2. The van der Waals surface area contributed by atoms with E-state index in [1.165, 1.54) is 13.1 Å². The van der Waals surface area contributed by atoms with Gasteiger partial charge in [-0.2, -0.15) is 4.57 Å². The van der Waals surface area contributed by atoms with Crippen LogP contribution in [0.1, 0.15) is 71.1 Å². The Hall–Kier alpha value is -2.16. The molecule has 0 aromatic carbocycles. The largest absolute Gasteiger partial charge is 0.443 e. The number of alkyl halides is 1. The Morgan fingerprint density at radius 2 is 1.70 bits per heavy atom. The summed E-state index contributed by atoms with van der Waals surface area (Å²) in [5.41, 5.74) is -2.64. The van der Waals surface area contributed by atoms with Gasteiger partial charge in [0.15, 0.2) is 18.8 Å². The maximum atomic E-state index is 13.6. The van der Waals surface area contributed by atoms with E-state index in [1.807, 2.05) is 0 Å². The van der Waals surface area contributed by atoms with Crippen molar-refractivity contribution in [3.05, 3.63) is 32.6 Å². The molecule has 0 spiro atoms. The van der Waals surface area contributed by atoms with Gasteiger partial charge in [0.25, 0.3) is 5.56 Å². The maximum Gasteiger partial charge on any atom is 0.425 e. The Bertz CT molecular complexity index is 1100. The molecule has 40 heavy (non-hydrogen) atoms. The zero-order valence-electron chi connectivity index (χ0n) is 23.7. The highest BCUT2D eigenvalue weighted by Gasteiger charge is 2.49. The quantitative estimate of drug-likeness (QED) is 0.437. The van der Waals surface area contributed by atoms with E-state index in [-0.39, 0.29) is 18.8 Å². The third-order valence-corrected chi connectivity index (χ3v) is 6.84. The molecule has 226 valence electrons. The van der Waals surface area contributed by atoms with Gasteiger partial charge >= 0.3 is 11.8 Å². The van der Waals surface area contributed by atoms with Crippen molar-refractivity contribution in [2.75, 3.05) is 33.1 Å². The standard InChI is InChI=1S/C27H41FN2O10/c1-17-15-29(25(32)30(23(17)31)26(33)40-27(2,3)4)24-22(36-14-11-28)21(39-20-10-6-8-13-35-20)18(38-24)16-37-19-9-5-7-12-34-19/h15,18-22,24H,5-14,16H2,1-4H3/t18-,19?,20?,21-,22+,24-/m1/s1/i28-1. The summed E-state index contributed by atoms with van der Waals surface area (Å²) in [5, 5.41) is 0. The normalized spacial score (nSPS) is 29.4. The molecular weight excluding hydrogens is 530 g/mol. The van der Waals surface area contributed by atoms with Gasteiger partial charge in [-0.15, -0.1) is 0 Å². The lowest BCUT2D eigenvalue weighted by Gasteiger charge is -2.31. The average molecular weight is 572 g/mol. The fourth-order valence-corrected chi connectivity index (χ4v) is 4.98. The number of carbonyl (C=O) groups is 1. The second kappa shape index (κ2) is 13.7. The van der Waals surface area contributed by atoms with Gasteiger partial charge in [0.1, 0.15) is 30.6 Å². The van der Waals surface area contributed by atoms with Crippen LogP contribution in [-0.4, -0.2) is 84.8 Å². The number of ether oxygens (including phenoxy) is 7. The van der Waals surface area contributed by atoms with Gasteiger partial charge in [0.05, 0.1) is 13.2 Å². The highest BCUT2D eigenvalue weighted by atomic mass is 18.2. The molecule has 3 fully saturated rings. The van der Waals surface area contributed by atoms with Crippen LogP contribution in [-0.2, 0) is 33.2 Å². The smallest absolute Gasteiger partial charge is 0.425 e. The molecule has 13 heteroatoms. The van der Waals surface area contributed by atoms with Crippen LogP contribution in [0, 0.1) is 6.92 Å².